The average molecular weight is 503 g/mol. The molecule has 1 heterocycles. The van der Waals surface area contributed by atoms with E-state index in [1.54, 1.807) is 42.5 Å². The summed E-state index contributed by atoms with van der Waals surface area (Å²) >= 11 is 6.01. The van der Waals surface area contributed by atoms with Crippen molar-refractivity contribution in [2.24, 2.45) is 5.92 Å². The Morgan fingerprint density at radius 3 is 2.43 bits per heavy atom. The van der Waals surface area contributed by atoms with Crippen LogP contribution in [0.3, 0.4) is 0 Å². The van der Waals surface area contributed by atoms with Crippen molar-refractivity contribution in [3.05, 3.63) is 100 Å². The van der Waals surface area contributed by atoms with E-state index in [-0.39, 0.29) is 24.2 Å². The van der Waals surface area contributed by atoms with Crippen molar-refractivity contribution < 1.29 is 22.7 Å². The molecule has 1 aliphatic rings. The number of nitrogens with zero attached hydrogens (tertiary/aromatic N) is 1. The lowest BCUT2D eigenvalue weighted by molar-refractivity contribution is -0.127. The third-order valence-electron chi connectivity index (χ3n) is 6.22. The molecule has 3 aromatic carbocycles. The molecule has 8 heteroatoms. The summed E-state index contributed by atoms with van der Waals surface area (Å²) in [7, 11) is 0. The molecule has 35 heavy (non-hydrogen) atoms. The lowest BCUT2D eigenvalue weighted by Crippen LogP contribution is -2.43. The summed E-state index contributed by atoms with van der Waals surface area (Å²) in [6.07, 6.45) is 1.26. The fourth-order valence-corrected chi connectivity index (χ4v) is 4.38. The first-order valence-electron chi connectivity index (χ1n) is 11.5. The SMILES string of the molecule is O=C(N[C@@H](c1ccc(Cl)cc1)c1ccccc1F)C1CCN(CCOc2cc(F)ccc2F)CC1. The quantitative estimate of drug-likeness (QED) is 0.426. The number of benzene rings is 3. The molecular weight excluding hydrogens is 477 g/mol. The molecule has 4 nitrogen and oxygen atoms in total. The van der Waals surface area contributed by atoms with Crippen molar-refractivity contribution in [3.8, 4) is 5.75 Å². The lowest BCUT2D eigenvalue weighted by Gasteiger charge is -2.32. The van der Waals surface area contributed by atoms with E-state index in [4.69, 9.17) is 16.3 Å². The van der Waals surface area contributed by atoms with Gasteiger partial charge in [0.25, 0.3) is 0 Å². The number of hydrogen-bond acceptors (Lipinski definition) is 3. The van der Waals surface area contributed by atoms with E-state index >= 15 is 0 Å². The minimum atomic E-state index is -0.631. The van der Waals surface area contributed by atoms with Crippen LogP contribution in [-0.2, 0) is 4.79 Å². The summed E-state index contributed by atoms with van der Waals surface area (Å²) in [6, 6.07) is 15.9. The van der Waals surface area contributed by atoms with E-state index in [1.165, 1.54) is 6.07 Å². The van der Waals surface area contributed by atoms with Crippen LogP contribution in [0.25, 0.3) is 0 Å². The minimum Gasteiger partial charge on any atom is -0.489 e. The molecule has 1 amide bonds. The van der Waals surface area contributed by atoms with Crippen molar-refractivity contribution in [1.82, 2.24) is 10.2 Å². The van der Waals surface area contributed by atoms with Crippen molar-refractivity contribution in [3.63, 3.8) is 0 Å². The van der Waals surface area contributed by atoms with Gasteiger partial charge in [-0.2, -0.15) is 0 Å². The number of rotatable bonds is 8. The molecule has 1 fully saturated rings. The third-order valence-corrected chi connectivity index (χ3v) is 6.47. The van der Waals surface area contributed by atoms with Gasteiger partial charge in [-0.15, -0.1) is 0 Å². The summed E-state index contributed by atoms with van der Waals surface area (Å²) in [5, 5.41) is 3.59. The highest BCUT2D eigenvalue weighted by Crippen LogP contribution is 2.27. The van der Waals surface area contributed by atoms with Crippen LogP contribution in [0.2, 0.25) is 5.02 Å². The highest BCUT2D eigenvalue weighted by atomic mass is 35.5. The second-order valence-corrected chi connectivity index (χ2v) is 8.99. The van der Waals surface area contributed by atoms with Gasteiger partial charge in [-0.05, 0) is 61.8 Å². The number of carbonyl (C=O) groups excluding carboxylic acids is 1. The molecule has 0 saturated carbocycles. The smallest absolute Gasteiger partial charge is 0.223 e. The second-order valence-electron chi connectivity index (χ2n) is 8.55. The van der Waals surface area contributed by atoms with Gasteiger partial charge >= 0.3 is 0 Å². The predicted octanol–water partition coefficient (Wildman–Crippen LogP) is 5.75. The monoisotopic (exact) mass is 502 g/mol. The molecule has 1 atom stereocenters. The number of amides is 1. The summed E-state index contributed by atoms with van der Waals surface area (Å²) in [4.78, 5) is 15.2. The molecule has 3 aromatic rings. The molecule has 0 aromatic heterocycles. The maximum atomic E-state index is 14.6. The van der Waals surface area contributed by atoms with Crippen LogP contribution in [0.15, 0.2) is 66.7 Å². The Hall–Kier alpha value is -3.03. The molecule has 0 unspecified atom stereocenters. The predicted molar refractivity (Wildman–Crippen MR) is 129 cm³/mol. The van der Waals surface area contributed by atoms with Gasteiger partial charge in [-0.25, -0.2) is 13.2 Å². The van der Waals surface area contributed by atoms with Gasteiger partial charge < -0.3 is 10.1 Å². The molecule has 0 radical (unpaired) electrons. The third kappa shape index (κ3) is 6.55. The first kappa shape index (κ1) is 25.1. The van der Waals surface area contributed by atoms with Gasteiger partial charge in [0, 0.05) is 29.1 Å². The van der Waals surface area contributed by atoms with Gasteiger partial charge in [-0.1, -0.05) is 41.9 Å². The molecule has 0 aliphatic carbocycles. The number of likely N-dealkylation sites (tertiary alicyclic amines) is 1. The van der Waals surface area contributed by atoms with E-state index in [2.05, 4.69) is 10.2 Å². The van der Waals surface area contributed by atoms with Crippen molar-refractivity contribution in [2.45, 2.75) is 18.9 Å². The van der Waals surface area contributed by atoms with Crippen LogP contribution < -0.4 is 10.1 Å². The summed E-state index contributed by atoms with van der Waals surface area (Å²) in [5.41, 5.74) is 1.13. The zero-order valence-corrected chi connectivity index (χ0v) is 19.8. The molecule has 0 spiro atoms. The Labute approximate surface area is 207 Å². The van der Waals surface area contributed by atoms with E-state index in [1.807, 2.05) is 0 Å². The average Bonchev–Trinajstić information content (AvgIpc) is 2.86. The summed E-state index contributed by atoms with van der Waals surface area (Å²) in [6.45, 7) is 2.08. The second kappa shape index (κ2) is 11.6. The van der Waals surface area contributed by atoms with Crippen molar-refractivity contribution in [2.75, 3.05) is 26.2 Å². The first-order valence-corrected chi connectivity index (χ1v) is 11.9. The Morgan fingerprint density at radius 2 is 1.71 bits per heavy atom. The van der Waals surface area contributed by atoms with Crippen LogP contribution in [-0.4, -0.2) is 37.0 Å². The topological polar surface area (TPSA) is 41.6 Å². The fraction of sp³-hybridized carbons (Fsp3) is 0.296. The maximum Gasteiger partial charge on any atom is 0.223 e. The molecule has 184 valence electrons. The zero-order valence-electron chi connectivity index (χ0n) is 19.0. The Bertz CT molecular complexity index is 1150. The zero-order chi connectivity index (χ0) is 24.8. The Morgan fingerprint density at radius 1 is 1.00 bits per heavy atom. The number of ether oxygens (including phenoxy) is 1. The van der Waals surface area contributed by atoms with E-state index in [9.17, 15) is 18.0 Å². The summed E-state index contributed by atoms with van der Waals surface area (Å²) < 4.78 is 46.9. The molecule has 1 saturated heterocycles. The van der Waals surface area contributed by atoms with Crippen LogP contribution in [0, 0.1) is 23.4 Å². The molecule has 4 rings (SSSR count). The minimum absolute atomic E-state index is 0.111. The largest absolute Gasteiger partial charge is 0.489 e. The molecule has 0 bridgehead atoms. The van der Waals surface area contributed by atoms with E-state index in [0.29, 0.717) is 43.1 Å². The van der Waals surface area contributed by atoms with Crippen molar-refractivity contribution >= 4 is 17.5 Å². The van der Waals surface area contributed by atoms with Gasteiger partial charge in [0.1, 0.15) is 18.2 Å². The van der Waals surface area contributed by atoms with Gasteiger partial charge in [-0.3, -0.25) is 9.69 Å². The highest BCUT2D eigenvalue weighted by molar-refractivity contribution is 6.30. The summed E-state index contributed by atoms with van der Waals surface area (Å²) in [5.74, 6) is -2.01. The number of carbonyl (C=O) groups is 1. The van der Waals surface area contributed by atoms with Gasteiger partial charge in [0.2, 0.25) is 5.91 Å². The van der Waals surface area contributed by atoms with Gasteiger partial charge in [0.15, 0.2) is 11.6 Å². The van der Waals surface area contributed by atoms with Crippen LogP contribution in [0.5, 0.6) is 5.75 Å². The van der Waals surface area contributed by atoms with Gasteiger partial charge in [0.05, 0.1) is 6.04 Å². The highest BCUT2D eigenvalue weighted by Gasteiger charge is 2.28. The van der Waals surface area contributed by atoms with Crippen LogP contribution >= 0.6 is 11.6 Å². The number of hydrogen-bond donors (Lipinski definition) is 1. The number of piperidine rings is 1. The fourth-order valence-electron chi connectivity index (χ4n) is 4.26. The normalized spacial score (nSPS) is 15.5. The molecule has 1 N–H and O–H groups in total. The van der Waals surface area contributed by atoms with Crippen LogP contribution in [0.1, 0.15) is 30.0 Å². The standard InChI is InChI=1S/C27H26ClF3N2O2/c28-20-7-5-18(6-8-20)26(22-3-1-2-4-23(22)30)32-27(34)19-11-13-33(14-12-19)15-16-35-25-17-21(29)9-10-24(25)31/h1-10,17,19,26H,11-16H2,(H,32,34)/t26-/m0/s1. The van der Waals surface area contributed by atoms with Crippen LogP contribution in [0.4, 0.5) is 13.2 Å². The lowest BCUT2D eigenvalue weighted by atomic mass is 9.93. The van der Waals surface area contributed by atoms with E-state index in [0.717, 1.165) is 23.8 Å². The van der Waals surface area contributed by atoms with E-state index < -0.39 is 23.5 Å². The molecular formula is C27H26ClF3N2O2. The Balaban J connectivity index is 1.33. The number of nitrogens with one attached hydrogen (secondary N) is 1. The van der Waals surface area contributed by atoms with Crippen molar-refractivity contribution in [1.29, 1.82) is 0 Å². The Kier molecular flexibility index (Phi) is 8.31. The maximum absolute atomic E-state index is 14.6. The molecule has 1 aliphatic heterocycles. The number of halogens is 4. The first-order chi connectivity index (χ1) is 16.9.